The average molecular weight is 343 g/mol. The van der Waals surface area contributed by atoms with Crippen LogP contribution in [-0.4, -0.2) is 19.5 Å². The van der Waals surface area contributed by atoms with Gasteiger partial charge in [-0.25, -0.2) is 0 Å². The van der Waals surface area contributed by atoms with Crippen LogP contribution in [0.1, 0.15) is 124 Å². The van der Waals surface area contributed by atoms with Crippen molar-refractivity contribution in [1.29, 1.82) is 0 Å². The monoisotopic (exact) mass is 342 g/mol. The third-order valence-corrected chi connectivity index (χ3v) is 4.70. The smallest absolute Gasteiger partial charge is 0.157 e. The van der Waals surface area contributed by atoms with E-state index in [9.17, 15) is 0 Å². The number of unbranched alkanes of at least 4 members (excludes halogenated alkanes) is 13. The summed E-state index contributed by atoms with van der Waals surface area (Å²) in [6.45, 7) is 8.25. The summed E-state index contributed by atoms with van der Waals surface area (Å²) in [5.41, 5.74) is 0. The highest BCUT2D eigenvalue weighted by Gasteiger charge is 2.08. The SMILES string of the molecule is CCCCCCCCCCOC(CCCCCCCCC)OCC. The molecule has 0 aromatic carbocycles. The Morgan fingerprint density at radius 2 is 0.958 bits per heavy atom. The maximum Gasteiger partial charge on any atom is 0.157 e. The summed E-state index contributed by atoms with van der Waals surface area (Å²) < 4.78 is 11.7. The van der Waals surface area contributed by atoms with Gasteiger partial charge in [-0.05, 0) is 26.2 Å². The maximum atomic E-state index is 5.95. The van der Waals surface area contributed by atoms with E-state index in [0.717, 1.165) is 19.6 Å². The van der Waals surface area contributed by atoms with Gasteiger partial charge in [0.05, 0.1) is 0 Å². The summed E-state index contributed by atoms with van der Waals surface area (Å²) >= 11 is 0. The van der Waals surface area contributed by atoms with Crippen LogP contribution in [0.2, 0.25) is 0 Å². The molecule has 0 spiro atoms. The lowest BCUT2D eigenvalue weighted by Gasteiger charge is -2.17. The zero-order valence-corrected chi connectivity index (χ0v) is 17.1. The molecule has 146 valence electrons. The minimum Gasteiger partial charge on any atom is -0.353 e. The summed E-state index contributed by atoms with van der Waals surface area (Å²) in [5.74, 6) is 0. The van der Waals surface area contributed by atoms with Crippen LogP contribution >= 0.6 is 0 Å². The van der Waals surface area contributed by atoms with E-state index in [-0.39, 0.29) is 6.29 Å². The molecule has 0 aliphatic heterocycles. The van der Waals surface area contributed by atoms with Crippen molar-refractivity contribution in [2.24, 2.45) is 0 Å². The molecule has 0 aromatic rings. The standard InChI is InChI=1S/C22H46O2/c1-4-7-9-11-13-15-17-19-21-24-22(23-6-3)20-18-16-14-12-10-8-5-2/h22H,4-21H2,1-3H3. The van der Waals surface area contributed by atoms with Crippen molar-refractivity contribution in [3.05, 3.63) is 0 Å². The van der Waals surface area contributed by atoms with E-state index < -0.39 is 0 Å². The number of hydrogen-bond donors (Lipinski definition) is 0. The summed E-state index contributed by atoms with van der Waals surface area (Å²) in [6, 6.07) is 0. The molecule has 0 saturated carbocycles. The first-order chi connectivity index (χ1) is 11.8. The van der Waals surface area contributed by atoms with Gasteiger partial charge in [-0.2, -0.15) is 0 Å². The van der Waals surface area contributed by atoms with Crippen molar-refractivity contribution in [1.82, 2.24) is 0 Å². The van der Waals surface area contributed by atoms with Gasteiger partial charge in [0.1, 0.15) is 0 Å². The Bertz CT molecular complexity index is 218. The van der Waals surface area contributed by atoms with E-state index in [1.807, 2.05) is 0 Å². The highest BCUT2D eigenvalue weighted by atomic mass is 16.7. The van der Waals surface area contributed by atoms with Crippen LogP contribution < -0.4 is 0 Å². The van der Waals surface area contributed by atoms with Crippen molar-refractivity contribution in [2.75, 3.05) is 13.2 Å². The number of ether oxygens (including phenoxy) is 2. The van der Waals surface area contributed by atoms with Crippen molar-refractivity contribution in [2.45, 2.75) is 130 Å². The predicted octanol–water partition coefficient (Wildman–Crippen LogP) is 7.65. The van der Waals surface area contributed by atoms with Gasteiger partial charge < -0.3 is 9.47 Å². The van der Waals surface area contributed by atoms with E-state index in [1.54, 1.807) is 0 Å². The Labute approximate surface area is 153 Å². The molecule has 2 heteroatoms. The van der Waals surface area contributed by atoms with Crippen molar-refractivity contribution in [3.8, 4) is 0 Å². The fraction of sp³-hybridized carbons (Fsp3) is 1.00. The van der Waals surface area contributed by atoms with Crippen molar-refractivity contribution in [3.63, 3.8) is 0 Å². The molecule has 0 fully saturated rings. The largest absolute Gasteiger partial charge is 0.353 e. The van der Waals surface area contributed by atoms with Crippen LogP contribution in [0.25, 0.3) is 0 Å². The van der Waals surface area contributed by atoms with Crippen LogP contribution in [0.15, 0.2) is 0 Å². The normalized spacial score (nSPS) is 12.6. The molecule has 1 atom stereocenters. The second kappa shape index (κ2) is 21.0. The van der Waals surface area contributed by atoms with E-state index in [1.165, 1.54) is 96.3 Å². The second-order valence-electron chi connectivity index (χ2n) is 7.14. The molecule has 1 unspecified atom stereocenters. The topological polar surface area (TPSA) is 18.5 Å². The molecule has 0 saturated heterocycles. The molecular weight excluding hydrogens is 296 g/mol. The maximum absolute atomic E-state index is 5.95. The minimum atomic E-state index is 0.0372. The third kappa shape index (κ3) is 18.3. The number of hydrogen-bond acceptors (Lipinski definition) is 2. The van der Waals surface area contributed by atoms with Gasteiger partial charge >= 0.3 is 0 Å². The first kappa shape index (κ1) is 23.9. The predicted molar refractivity (Wildman–Crippen MR) is 107 cm³/mol. The van der Waals surface area contributed by atoms with E-state index >= 15 is 0 Å². The highest BCUT2D eigenvalue weighted by Crippen LogP contribution is 2.13. The van der Waals surface area contributed by atoms with Crippen LogP contribution in [0, 0.1) is 0 Å². The lowest BCUT2D eigenvalue weighted by Crippen LogP contribution is -2.18. The van der Waals surface area contributed by atoms with Gasteiger partial charge in [0.2, 0.25) is 0 Å². The summed E-state index contributed by atoms with van der Waals surface area (Å²) in [4.78, 5) is 0. The first-order valence-corrected chi connectivity index (χ1v) is 11.1. The summed E-state index contributed by atoms with van der Waals surface area (Å²) in [5, 5.41) is 0. The Kier molecular flexibility index (Phi) is 20.9. The molecule has 0 rings (SSSR count). The van der Waals surface area contributed by atoms with Crippen LogP contribution in [0.3, 0.4) is 0 Å². The molecule has 0 bridgehead atoms. The van der Waals surface area contributed by atoms with Crippen LogP contribution in [0.4, 0.5) is 0 Å². The van der Waals surface area contributed by atoms with Crippen molar-refractivity contribution >= 4 is 0 Å². The quantitative estimate of drug-likeness (QED) is 0.167. The highest BCUT2D eigenvalue weighted by molar-refractivity contribution is 4.51. The minimum absolute atomic E-state index is 0.0372. The van der Waals surface area contributed by atoms with Gasteiger partial charge in [0.25, 0.3) is 0 Å². The molecule has 0 aliphatic rings. The molecule has 2 nitrogen and oxygen atoms in total. The molecule has 0 N–H and O–H groups in total. The second-order valence-corrected chi connectivity index (χ2v) is 7.14. The third-order valence-electron chi connectivity index (χ3n) is 4.70. The molecule has 0 amide bonds. The van der Waals surface area contributed by atoms with Gasteiger partial charge in [-0.3, -0.25) is 0 Å². The van der Waals surface area contributed by atoms with Gasteiger partial charge in [0.15, 0.2) is 6.29 Å². The number of rotatable bonds is 20. The Morgan fingerprint density at radius 3 is 1.46 bits per heavy atom. The fourth-order valence-electron chi connectivity index (χ4n) is 3.12. The first-order valence-electron chi connectivity index (χ1n) is 11.1. The molecule has 0 heterocycles. The van der Waals surface area contributed by atoms with Crippen LogP contribution in [-0.2, 0) is 9.47 Å². The van der Waals surface area contributed by atoms with E-state index in [2.05, 4.69) is 20.8 Å². The molecule has 24 heavy (non-hydrogen) atoms. The zero-order valence-electron chi connectivity index (χ0n) is 17.1. The summed E-state index contributed by atoms with van der Waals surface area (Å²) in [6.07, 6.45) is 21.4. The van der Waals surface area contributed by atoms with Gasteiger partial charge in [-0.1, -0.05) is 97.3 Å². The lowest BCUT2D eigenvalue weighted by atomic mass is 10.1. The van der Waals surface area contributed by atoms with Gasteiger partial charge in [0, 0.05) is 13.2 Å². The average Bonchev–Trinajstić information content (AvgIpc) is 2.59. The molecule has 0 aliphatic carbocycles. The van der Waals surface area contributed by atoms with Crippen LogP contribution in [0.5, 0.6) is 0 Å². The molecule has 0 aromatic heterocycles. The zero-order chi connectivity index (χ0) is 17.7. The van der Waals surface area contributed by atoms with Crippen molar-refractivity contribution < 1.29 is 9.47 Å². The van der Waals surface area contributed by atoms with Gasteiger partial charge in [-0.15, -0.1) is 0 Å². The Balaban J connectivity index is 3.42. The Morgan fingerprint density at radius 1 is 0.500 bits per heavy atom. The van der Waals surface area contributed by atoms with E-state index in [0.29, 0.717) is 0 Å². The molecular formula is C22H46O2. The van der Waals surface area contributed by atoms with E-state index in [4.69, 9.17) is 9.47 Å². The lowest BCUT2D eigenvalue weighted by molar-refractivity contribution is -0.144. The Hall–Kier alpha value is -0.0800. The molecule has 0 radical (unpaired) electrons. The summed E-state index contributed by atoms with van der Waals surface area (Å²) in [7, 11) is 0. The fourth-order valence-corrected chi connectivity index (χ4v) is 3.12.